The first-order valence-electron chi connectivity index (χ1n) is 6.88. The lowest BCUT2D eigenvalue weighted by molar-refractivity contribution is 0.257. The number of nitrogens with zero attached hydrogens (tertiary/aromatic N) is 1. The third-order valence-electron chi connectivity index (χ3n) is 4.83. The molecule has 0 radical (unpaired) electrons. The maximum Gasteiger partial charge on any atom is 0.0672 e. The maximum absolute atomic E-state index is 9.16. The van der Waals surface area contributed by atoms with Crippen molar-refractivity contribution in [2.45, 2.75) is 64.5 Å². The highest BCUT2D eigenvalue weighted by Gasteiger charge is 2.33. The molecule has 2 aliphatic rings. The summed E-state index contributed by atoms with van der Waals surface area (Å²) < 4.78 is 0. The van der Waals surface area contributed by atoms with Gasteiger partial charge in [-0.2, -0.15) is 5.26 Å². The van der Waals surface area contributed by atoms with Crippen molar-refractivity contribution in [3.63, 3.8) is 0 Å². The van der Waals surface area contributed by atoms with Gasteiger partial charge in [-0.3, -0.25) is 0 Å². The summed E-state index contributed by atoms with van der Waals surface area (Å²) in [7, 11) is 0. The first-order chi connectivity index (χ1) is 7.72. The minimum atomic E-state index is 0.261. The van der Waals surface area contributed by atoms with Crippen LogP contribution in [0, 0.1) is 29.1 Å². The van der Waals surface area contributed by atoms with Crippen molar-refractivity contribution in [3.05, 3.63) is 0 Å². The van der Waals surface area contributed by atoms with Gasteiger partial charge in [0.2, 0.25) is 0 Å². The van der Waals surface area contributed by atoms with Gasteiger partial charge in [0, 0.05) is 12.1 Å². The van der Waals surface area contributed by atoms with Crippen LogP contribution in [0.5, 0.6) is 0 Å². The molecule has 16 heavy (non-hydrogen) atoms. The highest BCUT2D eigenvalue weighted by Crippen LogP contribution is 2.33. The van der Waals surface area contributed by atoms with Crippen LogP contribution < -0.4 is 5.32 Å². The van der Waals surface area contributed by atoms with Crippen molar-refractivity contribution in [2.24, 2.45) is 17.8 Å². The van der Waals surface area contributed by atoms with Gasteiger partial charge in [0.25, 0.3) is 0 Å². The molecule has 2 heteroatoms. The average Bonchev–Trinajstić information content (AvgIpc) is 2.62. The second-order valence-corrected chi connectivity index (χ2v) is 5.81. The van der Waals surface area contributed by atoms with Crippen LogP contribution in [0.2, 0.25) is 0 Å². The van der Waals surface area contributed by atoms with E-state index >= 15 is 0 Å². The predicted molar refractivity (Wildman–Crippen MR) is 65.8 cm³/mol. The highest BCUT2D eigenvalue weighted by atomic mass is 15.0. The Morgan fingerprint density at radius 1 is 1.00 bits per heavy atom. The normalized spacial score (nSPS) is 44.2. The Bertz CT molecular complexity index is 268. The topological polar surface area (TPSA) is 35.8 Å². The third kappa shape index (κ3) is 2.40. The number of nitrogens with one attached hydrogen (secondary N) is 1. The fourth-order valence-electron chi connectivity index (χ4n) is 3.36. The van der Waals surface area contributed by atoms with Crippen molar-refractivity contribution in [1.29, 1.82) is 5.26 Å². The van der Waals surface area contributed by atoms with Crippen LogP contribution in [-0.2, 0) is 0 Å². The van der Waals surface area contributed by atoms with Crippen molar-refractivity contribution in [2.75, 3.05) is 0 Å². The van der Waals surface area contributed by atoms with Crippen LogP contribution in [0.15, 0.2) is 0 Å². The van der Waals surface area contributed by atoms with Gasteiger partial charge >= 0.3 is 0 Å². The zero-order valence-electron chi connectivity index (χ0n) is 10.6. The standard InChI is InChI=1S/C14H24N2/c1-10-7-8-13(11(10)2)16-14-6-4-3-5-12(14)9-15/h10-14,16H,3-8H2,1-2H3. The molecule has 2 aliphatic carbocycles. The molecule has 0 spiro atoms. The molecule has 0 aromatic rings. The van der Waals surface area contributed by atoms with E-state index in [4.69, 9.17) is 5.26 Å². The molecule has 0 aliphatic heterocycles. The molecule has 2 rings (SSSR count). The summed E-state index contributed by atoms with van der Waals surface area (Å²) in [4.78, 5) is 0. The van der Waals surface area contributed by atoms with E-state index in [1.54, 1.807) is 0 Å². The monoisotopic (exact) mass is 220 g/mol. The van der Waals surface area contributed by atoms with Gasteiger partial charge in [-0.25, -0.2) is 0 Å². The lowest BCUT2D eigenvalue weighted by atomic mass is 9.84. The van der Waals surface area contributed by atoms with Crippen LogP contribution in [0.4, 0.5) is 0 Å². The van der Waals surface area contributed by atoms with Gasteiger partial charge in [0.1, 0.15) is 0 Å². The van der Waals surface area contributed by atoms with Crippen molar-refractivity contribution in [1.82, 2.24) is 5.32 Å². The van der Waals surface area contributed by atoms with E-state index in [-0.39, 0.29) is 5.92 Å². The Morgan fingerprint density at radius 3 is 2.38 bits per heavy atom. The molecular formula is C14H24N2. The number of hydrogen-bond acceptors (Lipinski definition) is 2. The Balaban J connectivity index is 1.91. The molecule has 0 bridgehead atoms. The second-order valence-electron chi connectivity index (χ2n) is 5.81. The van der Waals surface area contributed by atoms with E-state index in [0.29, 0.717) is 12.1 Å². The molecule has 2 saturated carbocycles. The molecule has 0 aromatic heterocycles. The Hall–Kier alpha value is -0.550. The summed E-state index contributed by atoms with van der Waals surface area (Å²) in [6.45, 7) is 4.72. The van der Waals surface area contributed by atoms with Gasteiger partial charge in [-0.05, 0) is 37.5 Å². The van der Waals surface area contributed by atoms with E-state index in [1.807, 2.05) is 0 Å². The van der Waals surface area contributed by atoms with Crippen LogP contribution in [-0.4, -0.2) is 12.1 Å². The second kappa shape index (κ2) is 5.19. The Kier molecular flexibility index (Phi) is 3.86. The van der Waals surface area contributed by atoms with Crippen molar-refractivity contribution in [3.8, 4) is 6.07 Å². The van der Waals surface area contributed by atoms with E-state index in [2.05, 4.69) is 25.2 Å². The van der Waals surface area contributed by atoms with E-state index < -0.39 is 0 Å². The van der Waals surface area contributed by atoms with Gasteiger partial charge < -0.3 is 5.32 Å². The number of nitriles is 1. The van der Waals surface area contributed by atoms with Gasteiger partial charge in [0.15, 0.2) is 0 Å². The largest absolute Gasteiger partial charge is 0.310 e. The average molecular weight is 220 g/mol. The quantitative estimate of drug-likeness (QED) is 0.776. The Morgan fingerprint density at radius 2 is 1.75 bits per heavy atom. The molecule has 0 saturated heterocycles. The summed E-state index contributed by atoms with van der Waals surface area (Å²) in [6, 6.07) is 3.62. The highest BCUT2D eigenvalue weighted by molar-refractivity contribution is 4.97. The SMILES string of the molecule is CC1CCC(NC2CCCCC2C#N)C1C. The summed E-state index contributed by atoms with van der Waals surface area (Å²) >= 11 is 0. The lowest BCUT2D eigenvalue weighted by Crippen LogP contribution is -2.45. The smallest absolute Gasteiger partial charge is 0.0672 e. The molecule has 0 aromatic carbocycles. The summed E-state index contributed by atoms with van der Waals surface area (Å²) in [5.74, 6) is 1.89. The van der Waals surface area contributed by atoms with Crippen LogP contribution in [0.1, 0.15) is 52.4 Å². The van der Waals surface area contributed by atoms with Gasteiger partial charge in [-0.15, -0.1) is 0 Å². The fraction of sp³-hybridized carbons (Fsp3) is 0.929. The predicted octanol–water partition coefficient (Wildman–Crippen LogP) is 3.09. The molecule has 0 amide bonds. The van der Waals surface area contributed by atoms with Crippen molar-refractivity contribution >= 4 is 0 Å². The van der Waals surface area contributed by atoms with Gasteiger partial charge in [0.05, 0.1) is 12.0 Å². The number of rotatable bonds is 2. The first-order valence-corrected chi connectivity index (χ1v) is 6.88. The molecule has 5 atom stereocenters. The van der Waals surface area contributed by atoms with Crippen molar-refractivity contribution < 1.29 is 0 Å². The van der Waals surface area contributed by atoms with Crippen LogP contribution >= 0.6 is 0 Å². The maximum atomic E-state index is 9.16. The summed E-state index contributed by atoms with van der Waals surface area (Å²) in [6.07, 6.45) is 7.50. The molecule has 90 valence electrons. The minimum absolute atomic E-state index is 0.261. The molecule has 5 unspecified atom stereocenters. The third-order valence-corrected chi connectivity index (χ3v) is 4.83. The molecular weight excluding hydrogens is 196 g/mol. The first kappa shape index (κ1) is 11.9. The fourth-order valence-corrected chi connectivity index (χ4v) is 3.36. The van der Waals surface area contributed by atoms with Gasteiger partial charge in [-0.1, -0.05) is 26.7 Å². The van der Waals surface area contributed by atoms with Crippen LogP contribution in [0.25, 0.3) is 0 Å². The number of hydrogen-bond donors (Lipinski definition) is 1. The summed E-state index contributed by atoms with van der Waals surface area (Å²) in [5.41, 5.74) is 0. The molecule has 2 fully saturated rings. The summed E-state index contributed by atoms with van der Waals surface area (Å²) in [5, 5.41) is 12.9. The van der Waals surface area contributed by atoms with E-state index in [0.717, 1.165) is 18.3 Å². The van der Waals surface area contributed by atoms with Crippen LogP contribution in [0.3, 0.4) is 0 Å². The molecule has 1 N–H and O–H groups in total. The Labute approximate surface area is 99.4 Å². The molecule has 2 nitrogen and oxygen atoms in total. The molecule has 0 heterocycles. The lowest BCUT2D eigenvalue weighted by Gasteiger charge is -2.32. The van der Waals surface area contributed by atoms with E-state index in [9.17, 15) is 0 Å². The zero-order chi connectivity index (χ0) is 11.5. The van der Waals surface area contributed by atoms with E-state index in [1.165, 1.54) is 32.1 Å². The minimum Gasteiger partial charge on any atom is -0.310 e. The zero-order valence-corrected chi connectivity index (χ0v) is 10.6.